The average molecular weight is 291 g/mol. The molecule has 110 valence electrons. The van der Waals surface area contributed by atoms with Crippen LogP contribution in [0, 0.1) is 20.2 Å². The van der Waals surface area contributed by atoms with Gasteiger partial charge in [-0.25, -0.2) is 4.68 Å². The third-order valence-electron chi connectivity index (χ3n) is 2.94. The van der Waals surface area contributed by atoms with E-state index < -0.39 is 9.85 Å². The maximum Gasteiger partial charge on any atom is 0.334 e. The molecule has 21 heavy (non-hydrogen) atoms. The molecule has 0 aliphatic carbocycles. The minimum absolute atomic E-state index is 0.142. The lowest BCUT2D eigenvalue weighted by atomic mass is 10.1. The van der Waals surface area contributed by atoms with Gasteiger partial charge in [-0.1, -0.05) is 19.9 Å². The molecule has 0 spiro atoms. The molecular formula is C12H13N5O4. The maximum absolute atomic E-state index is 11.1. The largest absolute Gasteiger partial charge is 0.378 e. The number of rotatable bonds is 4. The molecule has 2 aromatic rings. The van der Waals surface area contributed by atoms with Gasteiger partial charge in [0.05, 0.1) is 15.5 Å². The summed E-state index contributed by atoms with van der Waals surface area (Å²) in [6, 6.07) is 5.60. The quantitative estimate of drug-likeness (QED) is 0.679. The number of hydrogen-bond acceptors (Lipinski definition) is 6. The van der Waals surface area contributed by atoms with Crippen LogP contribution < -0.4 is 5.73 Å². The van der Waals surface area contributed by atoms with E-state index in [1.807, 2.05) is 0 Å². The molecule has 2 N–H and O–H groups in total. The Balaban J connectivity index is 2.65. The summed E-state index contributed by atoms with van der Waals surface area (Å²) in [6.07, 6.45) is 0. The molecule has 2 rings (SSSR count). The van der Waals surface area contributed by atoms with E-state index in [2.05, 4.69) is 5.10 Å². The maximum atomic E-state index is 11.1. The van der Waals surface area contributed by atoms with Crippen LogP contribution in [0.2, 0.25) is 0 Å². The van der Waals surface area contributed by atoms with Crippen molar-refractivity contribution in [3.8, 4) is 5.69 Å². The highest BCUT2D eigenvalue weighted by Crippen LogP contribution is 2.33. The molecule has 0 saturated carbocycles. The summed E-state index contributed by atoms with van der Waals surface area (Å²) in [5, 5.41) is 26.1. The predicted molar refractivity (Wildman–Crippen MR) is 75.4 cm³/mol. The Hall–Kier alpha value is -2.97. The fourth-order valence-electron chi connectivity index (χ4n) is 1.95. The van der Waals surface area contributed by atoms with Crippen molar-refractivity contribution in [3.05, 3.63) is 50.2 Å². The van der Waals surface area contributed by atoms with Crippen molar-refractivity contribution in [2.45, 2.75) is 19.8 Å². The molecule has 9 nitrogen and oxygen atoms in total. The summed E-state index contributed by atoms with van der Waals surface area (Å²) in [7, 11) is 0. The third-order valence-corrected chi connectivity index (χ3v) is 2.94. The zero-order chi connectivity index (χ0) is 15.7. The summed E-state index contributed by atoms with van der Waals surface area (Å²) in [5.41, 5.74) is 5.92. The topological polar surface area (TPSA) is 130 Å². The SMILES string of the molecule is CC(C)c1nn(-c2cccc([N+](=O)[O-])c2)c(N)c1[N+](=O)[O-]. The smallest absolute Gasteiger partial charge is 0.334 e. The van der Waals surface area contributed by atoms with Crippen LogP contribution in [-0.4, -0.2) is 19.6 Å². The number of benzene rings is 1. The summed E-state index contributed by atoms with van der Waals surface area (Å²) in [4.78, 5) is 20.8. The first-order chi connectivity index (χ1) is 9.82. The highest BCUT2D eigenvalue weighted by Gasteiger charge is 2.28. The van der Waals surface area contributed by atoms with Crippen LogP contribution in [0.4, 0.5) is 17.2 Å². The number of nitro benzene ring substituents is 1. The van der Waals surface area contributed by atoms with Crippen LogP contribution in [0.25, 0.3) is 5.69 Å². The molecule has 0 saturated heterocycles. The normalized spacial score (nSPS) is 10.8. The molecule has 0 amide bonds. The Labute approximate surface area is 119 Å². The number of nitrogens with zero attached hydrogens (tertiary/aromatic N) is 4. The van der Waals surface area contributed by atoms with Gasteiger partial charge >= 0.3 is 5.69 Å². The summed E-state index contributed by atoms with van der Waals surface area (Å²) in [6.45, 7) is 3.51. The second-order valence-electron chi connectivity index (χ2n) is 4.72. The first kappa shape index (κ1) is 14.4. The Morgan fingerprint density at radius 2 is 1.90 bits per heavy atom. The number of non-ortho nitro benzene ring substituents is 1. The lowest BCUT2D eigenvalue weighted by Gasteiger charge is -2.02. The van der Waals surface area contributed by atoms with Gasteiger partial charge in [0.25, 0.3) is 5.69 Å². The molecule has 9 heteroatoms. The first-order valence-corrected chi connectivity index (χ1v) is 6.10. The molecule has 0 unspecified atom stereocenters. The molecule has 1 aromatic heterocycles. The standard InChI is InChI=1S/C12H13N5O4/c1-7(2)10-11(17(20)21)12(13)15(14-10)8-4-3-5-9(6-8)16(18)19/h3-7H,13H2,1-2H3. The van der Waals surface area contributed by atoms with E-state index in [9.17, 15) is 20.2 Å². The van der Waals surface area contributed by atoms with Crippen molar-refractivity contribution in [3.63, 3.8) is 0 Å². The zero-order valence-corrected chi connectivity index (χ0v) is 11.4. The highest BCUT2D eigenvalue weighted by molar-refractivity contribution is 5.61. The number of aromatic nitrogens is 2. The minimum atomic E-state index is -0.592. The molecule has 1 aromatic carbocycles. The molecule has 0 radical (unpaired) electrons. The van der Waals surface area contributed by atoms with E-state index >= 15 is 0 Å². The lowest BCUT2D eigenvalue weighted by Crippen LogP contribution is -2.03. The second kappa shape index (κ2) is 5.19. The van der Waals surface area contributed by atoms with Crippen LogP contribution in [-0.2, 0) is 0 Å². The Morgan fingerprint density at radius 3 is 2.38 bits per heavy atom. The van der Waals surface area contributed by atoms with E-state index in [0.29, 0.717) is 5.69 Å². The van der Waals surface area contributed by atoms with E-state index in [0.717, 1.165) is 4.68 Å². The van der Waals surface area contributed by atoms with Gasteiger partial charge in [0.1, 0.15) is 5.69 Å². The van der Waals surface area contributed by atoms with Crippen molar-refractivity contribution < 1.29 is 9.85 Å². The van der Waals surface area contributed by atoms with Gasteiger partial charge in [-0.3, -0.25) is 20.2 Å². The van der Waals surface area contributed by atoms with Gasteiger partial charge < -0.3 is 5.73 Å². The fourth-order valence-corrected chi connectivity index (χ4v) is 1.95. The third kappa shape index (κ3) is 2.53. The molecular weight excluding hydrogens is 278 g/mol. The van der Waals surface area contributed by atoms with Gasteiger partial charge in [0.2, 0.25) is 5.82 Å². The van der Waals surface area contributed by atoms with Crippen LogP contribution in [0.3, 0.4) is 0 Å². The Morgan fingerprint density at radius 1 is 1.24 bits per heavy atom. The second-order valence-corrected chi connectivity index (χ2v) is 4.72. The minimum Gasteiger partial charge on any atom is -0.378 e. The summed E-state index contributed by atoms with van der Waals surface area (Å²) >= 11 is 0. The molecule has 0 bridgehead atoms. The van der Waals surface area contributed by atoms with Crippen LogP contribution in [0.5, 0.6) is 0 Å². The fraction of sp³-hybridized carbons (Fsp3) is 0.250. The number of anilines is 1. The first-order valence-electron chi connectivity index (χ1n) is 6.10. The number of nitro groups is 2. The van der Waals surface area contributed by atoms with E-state index in [1.165, 1.54) is 18.2 Å². The number of nitrogen functional groups attached to an aromatic ring is 1. The monoisotopic (exact) mass is 291 g/mol. The molecule has 1 heterocycles. The van der Waals surface area contributed by atoms with Crippen molar-refractivity contribution >= 4 is 17.2 Å². The van der Waals surface area contributed by atoms with Crippen molar-refractivity contribution in [2.24, 2.45) is 0 Å². The zero-order valence-electron chi connectivity index (χ0n) is 11.4. The Bertz CT molecular complexity index is 722. The van der Waals surface area contributed by atoms with Gasteiger partial charge in [0.15, 0.2) is 0 Å². The van der Waals surface area contributed by atoms with Crippen molar-refractivity contribution in [2.75, 3.05) is 5.73 Å². The van der Waals surface area contributed by atoms with E-state index in [-0.39, 0.29) is 28.8 Å². The van der Waals surface area contributed by atoms with Gasteiger partial charge in [-0.15, -0.1) is 0 Å². The highest BCUT2D eigenvalue weighted by atomic mass is 16.6. The van der Waals surface area contributed by atoms with Crippen LogP contribution in [0.15, 0.2) is 24.3 Å². The Kier molecular flexibility index (Phi) is 3.57. The lowest BCUT2D eigenvalue weighted by molar-refractivity contribution is -0.385. The molecule has 0 atom stereocenters. The number of hydrogen-bond donors (Lipinski definition) is 1. The molecule has 0 fully saturated rings. The van der Waals surface area contributed by atoms with Gasteiger partial charge in [-0.05, 0) is 6.07 Å². The van der Waals surface area contributed by atoms with E-state index in [1.54, 1.807) is 19.9 Å². The van der Waals surface area contributed by atoms with E-state index in [4.69, 9.17) is 5.73 Å². The average Bonchev–Trinajstić information content (AvgIpc) is 2.76. The molecule has 0 aliphatic heterocycles. The van der Waals surface area contributed by atoms with Crippen molar-refractivity contribution in [1.82, 2.24) is 9.78 Å². The van der Waals surface area contributed by atoms with Crippen molar-refractivity contribution in [1.29, 1.82) is 0 Å². The number of nitrogens with two attached hydrogens (primary N) is 1. The molecule has 0 aliphatic rings. The predicted octanol–water partition coefficient (Wildman–Crippen LogP) is 2.39. The van der Waals surface area contributed by atoms with Crippen LogP contribution >= 0.6 is 0 Å². The summed E-state index contributed by atoms with van der Waals surface area (Å²) in [5.74, 6) is -0.350. The van der Waals surface area contributed by atoms with Gasteiger partial charge in [0, 0.05) is 18.1 Å². The van der Waals surface area contributed by atoms with Gasteiger partial charge in [-0.2, -0.15) is 5.10 Å². The summed E-state index contributed by atoms with van der Waals surface area (Å²) < 4.78 is 1.15. The van der Waals surface area contributed by atoms with Crippen LogP contribution in [0.1, 0.15) is 25.5 Å².